The molecule has 19 heavy (non-hydrogen) atoms. The fourth-order valence-electron chi connectivity index (χ4n) is 1.91. The molecule has 1 aromatic carbocycles. The van der Waals surface area contributed by atoms with Crippen LogP contribution >= 0.6 is 0 Å². The number of aromatic carboxylic acids is 1. The topological polar surface area (TPSA) is 119 Å². The van der Waals surface area contributed by atoms with Gasteiger partial charge in [0.25, 0.3) is 0 Å². The van der Waals surface area contributed by atoms with E-state index in [1.54, 1.807) is 12.1 Å². The Hall–Kier alpha value is -1.67. The molecule has 0 aromatic heterocycles. The second kappa shape index (κ2) is 5.14. The molecule has 7 heteroatoms. The molecule has 5 N–H and O–H groups in total. The van der Waals surface area contributed by atoms with Gasteiger partial charge < -0.3 is 30.5 Å². The van der Waals surface area contributed by atoms with E-state index in [9.17, 15) is 20.1 Å². The minimum atomic E-state index is -1.94. The largest absolute Gasteiger partial charge is 0.478 e. The number of para-hydroxylation sites is 1. The molecule has 3 atom stereocenters. The van der Waals surface area contributed by atoms with Gasteiger partial charge in [0.05, 0.1) is 18.7 Å². The Bertz CT molecular complexity index is 479. The van der Waals surface area contributed by atoms with Crippen LogP contribution in [0.3, 0.4) is 0 Å². The van der Waals surface area contributed by atoms with Crippen LogP contribution in [0.2, 0.25) is 0 Å². The molecule has 2 rings (SSSR count). The number of carbonyl (C=O) groups is 1. The van der Waals surface area contributed by atoms with Crippen molar-refractivity contribution in [3.8, 4) is 0 Å². The Labute approximate surface area is 109 Å². The average molecular weight is 269 g/mol. The quantitative estimate of drug-likeness (QED) is 0.487. The van der Waals surface area contributed by atoms with E-state index < -0.39 is 24.0 Å². The first-order chi connectivity index (χ1) is 8.94. The van der Waals surface area contributed by atoms with E-state index in [1.807, 2.05) is 0 Å². The van der Waals surface area contributed by atoms with Crippen molar-refractivity contribution < 1.29 is 30.0 Å². The van der Waals surface area contributed by atoms with Gasteiger partial charge in [-0.1, -0.05) is 12.1 Å². The monoisotopic (exact) mass is 269 g/mol. The van der Waals surface area contributed by atoms with Crippen molar-refractivity contribution in [1.29, 1.82) is 0 Å². The summed E-state index contributed by atoms with van der Waals surface area (Å²) in [5.41, 5.74) is 0.333. The molecule has 0 bridgehead atoms. The zero-order chi connectivity index (χ0) is 14.0. The molecule has 3 unspecified atom stereocenters. The number of aliphatic hydroxyl groups excluding tert-OH is 2. The molecule has 1 aliphatic rings. The Morgan fingerprint density at radius 1 is 1.42 bits per heavy atom. The number of carboxylic acids is 1. The lowest BCUT2D eigenvalue weighted by Gasteiger charge is -2.26. The number of carboxylic acid groups (broad SMARTS) is 1. The van der Waals surface area contributed by atoms with Gasteiger partial charge in [0.1, 0.15) is 12.2 Å². The summed E-state index contributed by atoms with van der Waals surface area (Å²) >= 11 is 0. The van der Waals surface area contributed by atoms with Crippen molar-refractivity contribution in [2.24, 2.45) is 0 Å². The fraction of sp³-hybridized carbons (Fsp3) is 0.417. The molecule has 1 fully saturated rings. The van der Waals surface area contributed by atoms with E-state index in [2.05, 4.69) is 5.32 Å². The van der Waals surface area contributed by atoms with Gasteiger partial charge in [0.15, 0.2) is 0 Å². The molecule has 1 aliphatic heterocycles. The maximum absolute atomic E-state index is 11.0. The van der Waals surface area contributed by atoms with Gasteiger partial charge in [-0.05, 0) is 12.1 Å². The van der Waals surface area contributed by atoms with Crippen LogP contribution in [0.1, 0.15) is 10.4 Å². The lowest BCUT2D eigenvalue weighted by Crippen LogP contribution is -2.48. The van der Waals surface area contributed by atoms with Crippen molar-refractivity contribution >= 4 is 11.7 Å². The van der Waals surface area contributed by atoms with Crippen LogP contribution in [0, 0.1) is 0 Å². The van der Waals surface area contributed by atoms with Gasteiger partial charge in [-0.2, -0.15) is 0 Å². The molecule has 0 radical (unpaired) electrons. The van der Waals surface area contributed by atoms with E-state index in [1.165, 1.54) is 12.1 Å². The first-order valence-electron chi connectivity index (χ1n) is 5.73. The zero-order valence-corrected chi connectivity index (χ0v) is 9.98. The van der Waals surface area contributed by atoms with Gasteiger partial charge in [-0.25, -0.2) is 4.79 Å². The fourth-order valence-corrected chi connectivity index (χ4v) is 1.91. The highest BCUT2D eigenvalue weighted by Crippen LogP contribution is 2.25. The van der Waals surface area contributed by atoms with E-state index in [0.29, 0.717) is 5.69 Å². The van der Waals surface area contributed by atoms with Crippen LogP contribution in [0.25, 0.3) is 0 Å². The van der Waals surface area contributed by atoms with E-state index in [-0.39, 0.29) is 18.7 Å². The van der Waals surface area contributed by atoms with E-state index >= 15 is 0 Å². The Balaban J connectivity index is 2.09. The summed E-state index contributed by atoms with van der Waals surface area (Å²) < 4.78 is 4.93. The summed E-state index contributed by atoms with van der Waals surface area (Å²) in [6.07, 6.45) is -2.61. The molecule has 7 nitrogen and oxygen atoms in total. The minimum Gasteiger partial charge on any atom is -0.478 e. The van der Waals surface area contributed by atoms with Crippen LogP contribution in [-0.4, -0.2) is 57.5 Å². The lowest BCUT2D eigenvalue weighted by atomic mass is 10.1. The molecule has 0 saturated carbocycles. The molecule has 1 heterocycles. The third-order valence-corrected chi connectivity index (χ3v) is 3.02. The second-order valence-electron chi connectivity index (χ2n) is 4.37. The first-order valence-corrected chi connectivity index (χ1v) is 5.73. The first kappa shape index (κ1) is 13.8. The summed E-state index contributed by atoms with van der Waals surface area (Å²) in [6, 6.07) is 6.16. The molecule has 0 aliphatic carbocycles. The smallest absolute Gasteiger partial charge is 0.337 e. The zero-order valence-electron chi connectivity index (χ0n) is 9.98. The standard InChI is InChI=1S/C12H15NO6/c14-9-5-19-12(18,10(9)15)6-13-8-4-2-1-3-7(8)11(16)17/h1-4,9-10,13-15,18H,5-6H2,(H,16,17). The molecule has 0 amide bonds. The van der Waals surface area contributed by atoms with Gasteiger partial charge in [0.2, 0.25) is 5.79 Å². The summed E-state index contributed by atoms with van der Waals surface area (Å²) in [5, 5.41) is 40.6. The van der Waals surface area contributed by atoms with Crippen LogP contribution < -0.4 is 5.32 Å². The lowest BCUT2D eigenvalue weighted by molar-refractivity contribution is -0.204. The predicted octanol–water partition coefficient (Wildman–Crippen LogP) is -0.763. The van der Waals surface area contributed by atoms with Crippen LogP contribution in [0.15, 0.2) is 24.3 Å². The Morgan fingerprint density at radius 3 is 2.68 bits per heavy atom. The molecule has 1 saturated heterocycles. The molecular weight excluding hydrogens is 254 g/mol. The summed E-state index contributed by atoms with van der Waals surface area (Å²) in [6.45, 7) is -0.421. The molecular formula is C12H15NO6. The van der Waals surface area contributed by atoms with Crippen LogP contribution in [0.4, 0.5) is 5.69 Å². The number of hydrogen-bond donors (Lipinski definition) is 5. The highest BCUT2D eigenvalue weighted by molar-refractivity contribution is 5.94. The number of hydrogen-bond acceptors (Lipinski definition) is 6. The van der Waals surface area contributed by atoms with Gasteiger partial charge in [-0.15, -0.1) is 0 Å². The maximum atomic E-state index is 11.0. The summed E-state index contributed by atoms with van der Waals surface area (Å²) in [5.74, 6) is -3.05. The van der Waals surface area contributed by atoms with Crippen LogP contribution in [0.5, 0.6) is 0 Å². The number of rotatable bonds is 4. The number of anilines is 1. The number of ether oxygens (including phenoxy) is 1. The minimum absolute atomic E-state index is 0.0409. The van der Waals surface area contributed by atoms with E-state index in [4.69, 9.17) is 9.84 Å². The van der Waals surface area contributed by atoms with Crippen molar-refractivity contribution in [3.63, 3.8) is 0 Å². The predicted molar refractivity (Wildman–Crippen MR) is 64.8 cm³/mol. The molecule has 1 aromatic rings. The average Bonchev–Trinajstić information content (AvgIpc) is 2.65. The van der Waals surface area contributed by atoms with Gasteiger partial charge in [-0.3, -0.25) is 0 Å². The Kier molecular flexibility index (Phi) is 3.72. The third-order valence-electron chi connectivity index (χ3n) is 3.02. The SMILES string of the molecule is O=C(O)c1ccccc1NCC1(O)OCC(O)C1O. The van der Waals surface area contributed by atoms with Crippen LogP contribution in [-0.2, 0) is 4.74 Å². The van der Waals surface area contributed by atoms with E-state index in [0.717, 1.165) is 0 Å². The van der Waals surface area contributed by atoms with Crippen molar-refractivity contribution in [2.75, 3.05) is 18.5 Å². The Morgan fingerprint density at radius 2 is 2.11 bits per heavy atom. The third kappa shape index (κ3) is 2.69. The molecule has 0 spiro atoms. The normalized spacial score (nSPS) is 30.3. The van der Waals surface area contributed by atoms with Gasteiger partial charge in [0, 0.05) is 5.69 Å². The van der Waals surface area contributed by atoms with Crippen molar-refractivity contribution in [2.45, 2.75) is 18.0 Å². The summed E-state index contributed by atoms with van der Waals surface area (Å²) in [4.78, 5) is 11.0. The highest BCUT2D eigenvalue weighted by atomic mass is 16.7. The number of nitrogens with one attached hydrogen (secondary N) is 1. The highest BCUT2D eigenvalue weighted by Gasteiger charge is 2.47. The van der Waals surface area contributed by atoms with Crippen molar-refractivity contribution in [1.82, 2.24) is 0 Å². The molecule has 104 valence electrons. The summed E-state index contributed by atoms with van der Waals surface area (Å²) in [7, 11) is 0. The maximum Gasteiger partial charge on any atom is 0.337 e. The second-order valence-corrected chi connectivity index (χ2v) is 4.37. The number of benzene rings is 1. The van der Waals surface area contributed by atoms with Gasteiger partial charge >= 0.3 is 5.97 Å². The number of aliphatic hydroxyl groups is 3. The van der Waals surface area contributed by atoms with Crippen molar-refractivity contribution in [3.05, 3.63) is 29.8 Å².